The molecular formula is C12H16N2O3S2. The molecule has 0 aromatic carbocycles. The summed E-state index contributed by atoms with van der Waals surface area (Å²) in [6.07, 6.45) is 0. The third-order valence-corrected chi connectivity index (χ3v) is 6.47. The minimum Gasteiger partial charge on any atom is -0.311 e. The van der Waals surface area contributed by atoms with Crippen LogP contribution in [0.2, 0.25) is 0 Å². The van der Waals surface area contributed by atoms with E-state index in [9.17, 15) is 13.2 Å². The minimum atomic E-state index is -3.17. The van der Waals surface area contributed by atoms with Crippen molar-refractivity contribution < 1.29 is 13.2 Å². The minimum absolute atomic E-state index is 0.0669. The van der Waals surface area contributed by atoms with E-state index in [2.05, 4.69) is 0 Å². The Morgan fingerprint density at radius 2 is 2.16 bits per heavy atom. The van der Waals surface area contributed by atoms with E-state index in [-0.39, 0.29) is 23.5 Å². The number of fused-ring (bicyclic) bond motifs is 1. The largest absolute Gasteiger partial charge is 0.311 e. The maximum absolute atomic E-state index is 12.4. The molecule has 0 radical (unpaired) electrons. The highest BCUT2D eigenvalue weighted by Crippen LogP contribution is 2.36. The smallest absolute Gasteiger partial charge is 0.231 e. The molecule has 0 spiro atoms. The normalized spacial score (nSPS) is 28.1. The topological polar surface area (TPSA) is 57.7 Å². The second-order valence-electron chi connectivity index (χ2n) is 5.01. The first kappa shape index (κ1) is 13.1. The van der Waals surface area contributed by atoms with Crippen LogP contribution in [0.5, 0.6) is 0 Å². The quantitative estimate of drug-likeness (QED) is 0.836. The lowest BCUT2D eigenvalue weighted by atomic mass is 10.0. The Morgan fingerprint density at radius 3 is 2.74 bits per heavy atom. The summed E-state index contributed by atoms with van der Waals surface area (Å²) in [5.74, 6) is 0.140. The molecule has 7 heteroatoms. The van der Waals surface area contributed by atoms with Crippen molar-refractivity contribution in [1.82, 2.24) is 4.31 Å². The van der Waals surface area contributed by atoms with Crippen LogP contribution < -0.4 is 4.90 Å². The highest BCUT2D eigenvalue weighted by molar-refractivity contribution is 7.89. The maximum Gasteiger partial charge on any atom is 0.231 e. The van der Waals surface area contributed by atoms with Crippen molar-refractivity contribution in [3.8, 4) is 0 Å². The monoisotopic (exact) mass is 300 g/mol. The Bertz CT molecular complexity index is 582. The fraction of sp³-hybridized carbons (Fsp3) is 0.583. The number of carbonyl (C=O) groups is 1. The number of hydrogen-bond acceptors (Lipinski definition) is 4. The lowest BCUT2D eigenvalue weighted by molar-refractivity contribution is -0.120. The molecule has 2 fully saturated rings. The number of anilines is 1. The van der Waals surface area contributed by atoms with Gasteiger partial charge in [-0.3, -0.25) is 4.79 Å². The van der Waals surface area contributed by atoms with Gasteiger partial charge in [0.05, 0.1) is 17.4 Å². The molecule has 2 atom stereocenters. The average molecular weight is 300 g/mol. The summed E-state index contributed by atoms with van der Waals surface area (Å²) >= 11 is 1.56. The van der Waals surface area contributed by atoms with Crippen LogP contribution in [0, 0.1) is 11.8 Å². The molecule has 1 aromatic rings. The molecule has 0 bridgehead atoms. The summed E-state index contributed by atoms with van der Waals surface area (Å²) in [6.45, 7) is 3.10. The van der Waals surface area contributed by atoms with Crippen LogP contribution in [0.15, 0.2) is 16.8 Å². The summed E-state index contributed by atoms with van der Waals surface area (Å²) < 4.78 is 25.2. The number of rotatable bonds is 3. The summed E-state index contributed by atoms with van der Waals surface area (Å²) in [5.41, 5.74) is 0.939. The van der Waals surface area contributed by atoms with E-state index in [1.165, 1.54) is 4.31 Å². The van der Waals surface area contributed by atoms with Crippen LogP contribution in [0.25, 0.3) is 0 Å². The van der Waals surface area contributed by atoms with Crippen LogP contribution in [0.4, 0.5) is 5.69 Å². The summed E-state index contributed by atoms with van der Waals surface area (Å²) in [5, 5.41) is 3.91. The molecule has 1 amide bonds. The van der Waals surface area contributed by atoms with Gasteiger partial charge in [-0.15, -0.1) is 0 Å². The van der Waals surface area contributed by atoms with Crippen LogP contribution >= 0.6 is 11.3 Å². The zero-order valence-electron chi connectivity index (χ0n) is 10.7. The van der Waals surface area contributed by atoms with Crippen LogP contribution in [0.3, 0.4) is 0 Å². The number of nitrogens with zero attached hydrogens (tertiary/aromatic N) is 2. The van der Waals surface area contributed by atoms with Gasteiger partial charge >= 0.3 is 0 Å². The Morgan fingerprint density at radius 1 is 1.37 bits per heavy atom. The number of amides is 1. The molecule has 2 saturated heterocycles. The van der Waals surface area contributed by atoms with Crippen LogP contribution in [0.1, 0.15) is 6.92 Å². The van der Waals surface area contributed by atoms with E-state index < -0.39 is 10.0 Å². The molecule has 2 aliphatic heterocycles. The number of thiophene rings is 1. The third kappa shape index (κ3) is 2.09. The predicted molar refractivity (Wildman–Crippen MR) is 74.7 cm³/mol. The Hall–Kier alpha value is -0.920. The van der Waals surface area contributed by atoms with E-state index in [0.717, 1.165) is 5.69 Å². The van der Waals surface area contributed by atoms with Gasteiger partial charge in [0.25, 0.3) is 0 Å². The number of carbonyl (C=O) groups excluding carboxylic acids is 1. The van der Waals surface area contributed by atoms with Crippen LogP contribution in [-0.2, 0) is 14.8 Å². The van der Waals surface area contributed by atoms with Crippen molar-refractivity contribution in [2.24, 2.45) is 11.8 Å². The van der Waals surface area contributed by atoms with Crippen molar-refractivity contribution in [2.75, 3.05) is 30.3 Å². The van der Waals surface area contributed by atoms with E-state index in [4.69, 9.17) is 0 Å². The molecule has 1 aromatic heterocycles. The maximum atomic E-state index is 12.4. The second kappa shape index (κ2) is 4.57. The molecule has 0 unspecified atom stereocenters. The first-order chi connectivity index (χ1) is 9.03. The molecule has 3 heterocycles. The first-order valence-electron chi connectivity index (χ1n) is 6.34. The van der Waals surface area contributed by atoms with Gasteiger partial charge < -0.3 is 4.90 Å². The molecule has 2 aliphatic rings. The van der Waals surface area contributed by atoms with Gasteiger partial charge in [0.1, 0.15) is 0 Å². The van der Waals surface area contributed by atoms with Gasteiger partial charge in [-0.2, -0.15) is 11.3 Å². The zero-order valence-corrected chi connectivity index (χ0v) is 12.3. The highest BCUT2D eigenvalue weighted by atomic mass is 32.2. The molecule has 0 N–H and O–H groups in total. The average Bonchev–Trinajstić information content (AvgIpc) is 3.07. The van der Waals surface area contributed by atoms with Crippen molar-refractivity contribution >= 4 is 33.0 Å². The van der Waals surface area contributed by atoms with Gasteiger partial charge in [-0.05, 0) is 18.4 Å². The highest BCUT2D eigenvalue weighted by Gasteiger charge is 2.49. The van der Waals surface area contributed by atoms with Gasteiger partial charge in [0.15, 0.2) is 0 Å². The third-order valence-electron chi connectivity index (χ3n) is 3.98. The number of sulfonamides is 1. The predicted octanol–water partition coefficient (Wildman–Crippen LogP) is 0.992. The summed E-state index contributed by atoms with van der Waals surface area (Å²) in [4.78, 5) is 14.1. The molecule has 104 valence electrons. The van der Waals surface area contributed by atoms with E-state index in [1.807, 2.05) is 16.8 Å². The molecule has 5 nitrogen and oxygen atoms in total. The van der Waals surface area contributed by atoms with E-state index in [1.54, 1.807) is 23.2 Å². The SMILES string of the molecule is CCS(=O)(=O)N1C[C@@H]2CN(c3ccsc3)C(=O)[C@@H]2C1. The first-order valence-corrected chi connectivity index (χ1v) is 8.89. The van der Waals surface area contributed by atoms with Crippen molar-refractivity contribution in [3.05, 3.63) is 16.8 Å². The van der Waals surface area contributed by atoms with Crippen molar-refractivity contribution in [3.63, 3.8) is 0 Å². The van der Waals surface area contributed by atoms with Gasteiger partial charge in [0, 0.05) is 30.9 Å². The fourth-order valence-electron chi connectivity index (χ4n) is 2.87. The Balaban J connectivity index is 1.77. The van der Waals surface area contributed by atoms with Crippen molar-refractivity contribution in [1.29, 1.82) is 0 Å². The zero-order chi connectivity index (χ0) is 13.6. The molecular weight excluding hydrogens is 284 g/mol. The number of hydrogen-bond donors (Lipinski definition) is 0. The second-order valence-corrected chi connectivity index (χ2v) is 8.05. The van der Waals surface area contributed by atoms with Crippen molar-refractivity contribution in [2.45, 2.75) is 6.92 Å². The molecule has 3 rings (SSSR count). The molecule has 19 heavy (non-hydrogen) atoms. The Labute approximate surface area is 116 Å². The fourth-order valence-corrected chi connectivity index (χ4v) is 4.69. The van der Waals surface area contributed by atoms with Gasteiger partial charge in [-0.1, -0.05) is 0 Å². The standard InChI is InChI=1S/C12H16N2O3S2/c1-2-19(16,17)13-5-9-6-14(10-3-4-18-8-10)12(15)11(9)7-13/h3-4,8-9,11H,2,5-7H2,1H3/t9-,11-/m1/s1. The Kier molecular flexibility index (Phi) is 3.15. The van der Waals surface area contributed by atoms with Gasteiger partial charge in [-0.25, -0.2) is 12.7 Å². The van der Waals surface area contributed by atoms with Crippen LogP contribution in [-0.4, -0.2) is 44.0 Å². The lowest BCUT2D eigenvalue weighted by Gasteiger charge is -2.20. The molecule has 0 saturated carbocycles. The molecule has 0 aliphatic carbocycles. The summed E-state index contributed by atoms with van der Waals surface area (Å²) in [7, 11) is -3.17. The summed E-state index contributed by atoms with van der Waals surface area (Å²) in [6, 6.07) is 1.93. The lowest BCUT2D eigenvalue weighted by Crippen LogP contribution is -2.36. The van der Waals surface area contributed by atoms with Gasteiger partial charge in [0.2, 0.25) is 15.9 Å². The van der Waals surface area contributed by atoms with E-state index in [0.29, 0.717) is 19.6 Å². The van der Waals surface area contributed by atoms with E-state index >= 15 is 0 Å².